The van der Waals surface area contributed by atoms with Crippen LogP contribution in [0.25, 0.3) is 22.4 Å². The van der Waals surface area contributed by atoms with Crippen molar-refractivity contribution in [1.29, 1.82) is 0 Å². The number of alkyl halides is 1. The van der Waals surface area contributed by atoms with Gasteiger partial charge in [-0.15, -0.1) is 18.2 Å². The normalized spacial score (nSPS) is 10.5. The van der Waals surface area contributed by atoms with Crippen molar-refractivity contribution in [2.24, 2.45) is 0 Å². The zero-order valence-electron chi connectivity index (χ0n) is 24.5. The summed E-state index contributed by atoms with van der Waals surface area (Å²) < 4.78 is 15.1. The van der Waals surface area contributed by atoms with E-state index in [1.807, 2.05) is 61.0 Å². The molecule has 9 heteroatoms. The summed E-state index contributed by atoms with van der Waals surface area (Å²) in [7, 11) is 0. The van der Waals surface area contributed by atoms with E-state index in [0.29, 0.717) is 18.0 Å². The number of aliphatic carboxylic acids is 1. The first-order valence-electron chi connectivity index (χ1n) is 13.5. The number of carboxylic acid groups (broad SMARTS) is 1. The van der Waals surface area contributed by atoms with Gasteiger partial charge in [-0.05, 0) is 73.9 Å². The summed E-state index contributed by atoms with van der Waals surface area (Å²) in [6.45, 7) is 9.90. The minimum atomic E-state index is -0.955. The maximum atomic E-state index is 13.3. The molecule has 0 fully saturated rings. The van der Waals surface area contributed by atoms with Crippen molar-refractivity contribution < 1.29 is 19.1 Å². The zero-order chi connectivity index (χ0) is 31.8. The molecule has 1 aromatic heterocycles. The molecule has 1 heterocycles. The van der Waals surface area contributed by atoms with Crippen molar-refractivity contribution >= 4 is 35.1 Å². The number of hydrogen-bond acceptors (Lipinski definition) is 3. The van der Waals surface area contributed by atoms with Gasteiger partial charge in [0.15, 0.2) is 0 Å². The van der Waals surface area contributed by atoms with E-state index in [9.17, 15) is 14.0 Å². The fourth-order valence-corrected chi connectivity index (χ4v) is 4.02. The molecular formula is C34H36Cl2FN3O3. The van der Waals surface area contributed by atoms with Gasteiger partial charge in [0.05, 0.1) is 18.7 Å². The van der Waals surface area contributed by atoms with Crippen LogP contribution in [0.3, 0.4) is 0 Å². The van der Waals surface area contributed by atoms with Crippen LogP contribution in [0.15, 0.2) is 108 Å². The lowest BCUT2D eigenvalue weighted by atomic mass is 10.0. The number of benzene rings is 3. The Labute approximate surface area is 262 Å². The van der Waals surface area contributed by atoms with Crippen LogP contribution in [0.1, 0.15) is 43.1 Å². The molecule has 0 saturated heterocycles. The highest BCUT2D eigenvalue weighted by Crippen LogP contribution is 2.27. The van der Waals surface area contributed by atoms with Crippen molar-refractivity contribution in [3.63, 3.8) is 0 Å². The van der Waals surface area contributed by atoms with Gasteiger partial charge in [-0.3, -0.25) is 14.3 Å². The predicted octanol–water partition coefficient (Wildman–Crippen LogP) is 8.56. The number of nitrogens with zero attached hydrogens (tertiary/aromatic N) is 2. The van der Waals surface area contributed by atoms with E-state index in [1.165, 1.54) is 17.7 Å². The van der Waals surface area contributed by atoms with Gasteiger partial charge in [0.25, 0.3) is 5.91 Å². The maximum absolute atomic E-state index is 13.3. The van der Waals surface area contributed by atoms with Crippen LogP contribution in [0, 0.1) is 5.82 Å². The van der Waals surface area contributed by atoms with Gasteiger partial charge in [0.2, 0.25) is 0 Å². The quantitative estimate of drug-likeness (QED) is 0.144. The van der Waals surface area contributed by atoms with E-state index in [-0.39, 0.29) is 24.7 Å². The molecule has 0 aliphatic rings. The summed E-state index contributed by atoms with van der Waals surface area (Å²) >= 11 is 10.6. The molecule has 0 unspecified atom stereocenters. The monoisotopic (exact) mass is 623 g/mol. The summed E-state index contributed by atoms with van der Waals surface area (Å²) in [5.74, 6) is -1.02. The Hall–Kier alpha value is -4.20. The highest BCUT2D eigenvalue weighted by atomic mass is 35.5. The molecule has 0 bridgehead atoms. The standard InChI is InChI=1S/C26H22FN3O3.C4H6Cl2.C4H8/c27-23-10-8-19(9-11-23)21-2-1-3-22(16-21)24-12-15-29-30(24)17-18-4-6-20(7-5-18)26(33)28-14-13-25(31)32;1-4(6)2-3-5;1-4(2)3/h1-12,15-16H,13-14,17H2,(H,28,33)(H,31,32);2H,3H2,1H3;1H2,2-3H3/b;4-2+;. The topological polar surface area (TPSA) is 84.2 Å². The van der Waals surface area contributed by atoms with Crippen molar-refractivity contribution in [2.45, 2.75) is 33.7 Å². The molecule has 0 aliphatic carbocycles. The van der Waals surface area contributed by atoms with Gasteiger partial charge in [-0.2, -0.15) is 5.10 Å². The Morgan fingerprint density at radius 2 is 1.60 bits per heavy atom. The number of amides is 1. The first kappa shape index (κ1) is 35.0. The second kappa shape index (κ2) is 18.4. The Kier molecular flexibility index (Phi) is 14.9. The second-order valence-corrected chi connectivity index (χ2v) is 10.6. The Balaban J connectivity index is 0.000000559. The van der Waals surface area contributed by atoms with Crippen LogP contribution in [0.2, 0.25) is 0 Å². The van der Waals surface area contributed by atoms with Crippen molar-refractivity contribution in [2.75, 3.05) is 12.4 Å². The highest BCUT2D eigenvalue weighted by Gasteiger charge is 2.10. The van der Waals surface area contributed by atoms with Gasteiger partial charge in [0, 0.05) is 34.8 Å². The van der Waals surface area contributed by atoms with Crippen LogP contribution < -0.4 is 5.32 Å². The average molecular weight is 625 g/mol. The third-order valence-corrected chi connectivity index (χ3v) is 5.89. The number of aromatic nitrogens is 2. The molecule has 0 atom stereocenters. The Bertz CT molecular complexity index is 1510. The van der Waals surface area contributed by atoms with Crippen LogP contribution in [-0.2, 0) is 11.3 Å². The number of carboxylic acids is 1. The molecule has 0 radical (unpaired) electrons. The van der Waals surface area contributed by atoms with Gasteiger partial charge in [-0.25, -0.2) is 4.39 Å². The highest BCUT2D eigenvalue weighted by molar-refractivity contribution is 6.30. The first-order chi connectivity index (χ1) is 20.5. The van der Waals surface area contributed by atoms with Crippen molar-refractivity contribution in [1.82, 2.24) is 15.1 Å². The lowest BCUT2D eigenvalue weighted by Crippen LogP contribution is -2.25. The number of halogens is 3. The number of rotatable bonds is 9. The summed E-state index contributed by atoms with van der Waals surface area (Å²) in [5.41, 5.74) is 6.45. The molecule has 6 nitrogen and oxygen atoms in total. The third kappa shape index (κ3) is 13.1. The predicted molar refractivity (Wildman–Crippen MR) is 174 cm³/mol. The lowest BCUT2D eigenvalue weighted by molar-refractivity contribution is -0.136. The minimum Gasteiger partial charge on any atom is -0.481 e. The van der Waals surface area contributed by atoms with E-state index in [2.05, 4.69) is 17.0 Å². The minimum absolute atomic E-state index is 0.0869. The van der Waals surface area contributed by atoms with E-state index in [4.69, 9.17) is 28.3 Å². The number of nitrogens with one attached hydrogen (secondary N) is 1. The van der Waals surface area contributed by atoms with E-state index in [0.717, 1.165) is 33.0 Å². The van der Waals surface area contributed by atoms with Crippen molar-refractivity contribution in [3.8, 4) is 22.4 Å². The SMILES string of the molecule is C/C(Cl)=C\CCl.C=C(C)C.O=C(O)CCNC(=O)c1ccc(Cn2nccc2-c2cccc(-c3ccc(F)cc3)c2)cc1. The first-order valence-corrected chi connectivity index (χ1v) is 14.4. The van der Waals surface area contributed by atoms with Crippen LogP contribution in [0.5, 0.6) is 0 Å². The van der Waals surface area contributed by atoms with Gasteiger partial charge in [-0.1, -0.05) is 65.7 Å². The molecule has 0 aliphatic heterocycles. The van der Waals surface area contributed by atoms with Gasteiger partial charge in [0.1, 0.15) is 5.82 Å². The number of allylic oxidation sites excluding steroid dienone is 3. The molecule has 3 aromatic carbocycles. The molecule has 2 N–H and O–H groups in total. The third-order valence-electron chi connectivity index (χ3n) is 5.58. The number of hydrogen-bond donors (Lipinski definition) is 2. The van der Waals surface area contributed by atoms with Gasteiger partial charge >= 0.3 is 5.97 Å². The lowest BCUT2D eigenvalue weighted by Gasteiger charge is -2.10. The summed E-state index contributed by atoms with van der Waals surface area (Å²) in [6, 6.07) is 23.5. The molecule has 226 valence electrons. The molecule has 0 spiro atoms. The van der Waals surface area contributed by atoms with E-state index in [1.54, 1.807) is 43.5 Å². The van der Waals surface area contributed by atoms with Crippen molar-refractivity contribution in [3.05, 3.63) is 125 Å². The van der Waals surface area contributed by atoms with Crippen LogP contribution in [-0.4, -0.2) is 39.2 Å². The Morgan fingerprint density at radius 1 is 0.977 bits per heavy atom. The largest absolute Gasteiger partial charge is 0.481 e. The fraction of sp³-hybridized carbons (Fsp3) is 0.206. The maximum Gasteiger partial charge on any atom is 0.305 e. The summed E-state index contributed by atoms with van der Waals surface area (Å²) in [5, 5.41) is 16.5. The van der Waals surface area contributed by atoms with Crippen LogP contribution in [0.4, 0.5) is 4.39 Å². The average Bonchev–Trinajstić information content (AvgIpc) is 3.42. The molecular weight excluding hydrogens is 588 g/mol. The summed E-state index contributed by atoms with van der Waals surface area (Å²) in [6.07, 6.45) is 3.36. The zero-order valence-corrected chi connectivity index (χ0v) is 26.0. The molecule has 43 heavy (non-hydrogen) atoms. The fourth-order valence-electron chi connectivity index (χ4n) is 3.63. The second-order valence-electron chi connectivity index (χ2n) is 9.71. The molecule has 0 saturated carbocycles. The van der Waals surface area contributed by atoms with E-state index >= 15 is 0 Å². The summed E-state index contributed by atoms with van der Waals surface area (Å²) in [4.78, 5) is 22.7. The van der Waals surface area contributed by atoms with E-state index < -0.39 is 5.97 Å². The number of carbonyl (C=O) groups is 2. The molecule has 1 amide bonds. The van der Waals surface area contributed by atoms with Crippen LogP contribution >= 0.6 is 23.2 Å². The van der Waals surface area contributed by atoms with Gasteiger partial charge < -0.3 is 10.4 Å². The molecule has 4 rings (SSSR count). The molecule has 4 aromatic rings. The smallest absolute Gasteiger partial charge is 0.305 e. The Morgan fingerprint density at radius 3 is 2.16 bits per heavy atom. The number of carbonyl (C=O) groups excluding carboxylic acids is 1.